The number of hydrogen-bond donors (Lipinski definition) is 0. The molecule has 2 aromatic rings. The molecule has 11 nitrogen and oxygen atoms in total. The second-order valence-corrected chi connectivity index (χ2v) is 8.48. The van der Waals surface area contributed by atoms with Crippen LogP contribution in [0.15, 0.2) is 53.6 Å². The average Bonchev–Trinajstić information content (AvgIpc) is 3.23. The van der Waals surface area contributed by atoms with Crippen molar-refractivity contribution in [3.63, 3.8) is 0 Å². The van der Waals surface area contributed by atoms with Crippen LogP contribution in [-0.2, 0) is 9.59 Å². The van der Waals surface area contributed by atoms with Crippen LogP contribution in [-0.4, -0.2) is 50.9 Å². The Morgan fingerprint density at radius 1 is 1.06 bits per heavy atom. The summed E-state index contributed by atoms with van der Waals surface area (Å²) in [5.74, 6) is -0.544. The molecule has 0 radical (unpaired) electrons. The molecule has 2 aromatic carbocycles. The van der Waals surface area contributed by atoms with Crippen LogP contribution >= 0.6 is 0 Å². The summed E-state index contributed by atoms with van der Waals surface area (Å²) in [7, 11) is 1.58. The number of nitrogens with zero attached hydrogens (tertiary/aromatic N) is 5. The Labute approximate surface area is 195 Å². The second kappa shape index (κ2) is 9.38. The molecule has 34 heavy (non-hydrogen) atoms. The summed E-state index contributed by atoms with van der Waals surface area (Å²) >= 11 is 0. The first-order valence-corrected chi connectivity index (χ1v) is 10.9. The highest BCUT2D eigenvalue weighted by atomic mass is 16.6. The molecule has 2 amide bonds. The Balaban J connectivity index is 1.62. The molecule has 1 atom stereocenters. The molecule has 176 valence electrons. The predicted molar refractivity (Wildman–Crippen MR) is 122 cm³/mol. The van der Waals surface area contributed by atoms with E-state index in [-0.39, 0.29) is 36.2 Å². The number of non-ortho nitro benzene ring substituents is 2. The van der Waals surface area contributed by atoms with Gasteiger partial charge in [0.2, 0.25) is 5.91 Å². The highest BCUT2D eigenvalue weighted by Gasteiger charge is 2.36. The molecule has 1 aliphatic heterocycles. The fraction of sp³-hybridized carbons (Fsp3) is 0.348. The lowest BCUT2D eigenvalue weighted by molar-refractivity contribution is -0.385. The second-order valence-electron chi connectivity index (χ2n) is 8.48. The van der Waals surface area contributed by atoms with Crippen LogP contribution in [0.25, 0.3) is 0 Å². The zero-order chi connectivity index (χ0) is 24.4. The van der Waals surface area contributed by atoms with E-state index in [0.717, 1.165) is 19.3 Å². The van der Waals surface area contributed by atoms with Crippen molar-refractivity contribution < 1.29 is 19.4 Å². The standard InChI is InChI=1S/C23H23N5O6/c1-25(23(30)16-4-2-5-16)14-22(29)26-21(17-6-3-7-19(12-17)28(33)34)13-20(24-26)15-8-10-18(11-9-15)27(31)32/h3,6-12,16,21H,2,4-5,13-14H2,1H3/t21-/m1/s1. The van der Waals surface area contributed by atoms with Gasteiger partial charge in [-0.3, -0.25) is 29.8 Å². The Hall–Kier alpha value is -4.15. The fourth-order valence-corrected chi connectivity index (χ4v) is 4.12. The Bertz CT molecular complexity index is 1170. The van der Waals surface area contributed by atoms with Crippen LogP contribution in [0.5, 0.6) is 0 Å². The number of carbonyl (C=O) groups excluding carboxylic acids is 2. The molecule has 0 N–H and O–H groups in total. The van der Waals surface area contributed by atoms with Gasteiger partial charge in [-0.2, -0.15) is 5.10 Å². The number of carbonyl (C=O) groups is 2. The molecule has 0 unspecified atom stereocenters. The zero-order valence-electron chi connectivity index (χ0n) is 18.5. The van der Waals surface area contributed by atoms with Crippen molar-refractivity contribution in [2.75, 3.05) is 13.6 Å². The highest BCUT2D eigenvalue weighted by Crippen LogP contribution is 2.35. The van der Waals surface area contributed by atoms with Crippen LogP contribution < -0.4 is 0 Å². The Kier molecular flexibility index (Phi) is 6.35. The van der Waals surface area contributed by atoms with Gasteiger partial charge in [0.05, 0.1) is 21.6 Å². The molecule has 1 heterocycles. The number of hydrazone groups is 1. The zero-order valence-corrected chi connectivity index (χ0v) is 18.5. The number of amides is 2. The number of benzene rings is 2. The van der Waals surface area contributed by atoms with Crippen molar-refractivity contribution in [3.8, 4) is 0 Å². The van der Waals surface area contributed by atoms with Gasteiger partial charge in [-0.25, -0.2) is 5.01 Å². The van der Waals surface area contributed by atoms with Gasteiger partial charge in [0.15, 0.2) is 0 Å². The lowest BCUT2D eigenvalue weighted by Crippen LogP contribution is -2.42. The number of likely N-dealkylation sites (N-methyl/N-ethyl adjacent to an activating group) is 1. The summed E-state index contributed by atoms with van der Waals surface area (Å²) in [6.07, 6.45) is 2.91. The maximum absolute atomic E-state index is 13.2. The molecule has 0 aromatic heterocycles. The largest absolute Gasteiger partial charge is 0.336 e. The summed E-state index contributed by atoms with van der Waals surface area (Å²) < 4.78 is 0. The van der Waals surface area contributed by atoms with Crippen molar-refractivity contribution in [2.45, 2.75) is 31.7 Å². The van der Waals surface area contributed by atoms with Crippen LogP contribution in [0.2, 0.25) is 0 Å². The molecule has 0 bridgehead atoms. The molecule has 4 rings (SSSR count). The van der Waals surface area contributed by atoms with Gasteiger partial charge in [0.1, 0.15) is 6.54 Å². The Morgan fingerprint density at radius 3 is 2.32 bits per heavy atom. The van der Waals surface area contributed by atoms with Gasteiger partial charge < -0.3 is 4.90 Å². The van der Waals surface area contributed by atoms with Gasteiger partial charge in [0, 0.05) is 43.7 Å². The molecule has 2 aliphatic rings. The molecular formula is C23H23N5O6. The van der Waals surface area contributed by atoms with E-state index in [1.54, 1.807) is 31.3 Å². The van der Waals surface area contributed by atoms with E-state index in [9.17, 15) is 29.8 Å². The summed E-state index contributed by atoms with van der Waals surface area (Å²) in [5.41, 5.74) is 1.49. The molecular weight excluding hydrogens is 442 g/mol. The predicted octanol–water partition coefficient (Wildman–Crippen LogP) is 3.44. The minimum Gasteiger partial charge on any atom is -0.336 e. The summed E-state index contributed by atoms with van der Waals surface area (Å²) in [6.45, 7) is -0.169. The third-order valence-corrected chi connectivity index (χ3v) is 6.25. The fourth-order valence-electron chi connectivity index (χ4n) is 4.12. The highest BCUT2D eigenvalue weighted by molar-refractivity contribution is 6.03. The van der Waals surface area contributed by atoms with Gasteiger partial charge >= 0.3 is 0 Å². The van der Waals surface area contributed by atoms with Crippen molar-refractivity contribution in [1.82, 2.24) is 9.91 Å². The van der Waals surface area contributed by atoms with Gasteiger partial charge in [0.25, 0.3) is 17.3 Å². The topological polar surface area (TPSA) is 139 Å². The van der Waals surface area contributed by atoms with E-state index >= 15 is 0 Å². The first-order chi connectivity index (χ1) is 16.2. The first kappa shape index (κ1) is 23.0. The van der Waals surface area contributed by atoms with E-state index in [0.29, 0.717) is 16.8 Å². The van der Waals surface area contributed by atoms with Crippen molar-refractivity contribution in [3.05, 3.63) is 79.9 Å². The smallest absolute Gasteiger partial charge is 0.269 e. The maximum Gasteiger partial charge on any atom is 0.269 e. The number of nitro groups is 2. The molecule has 1 saturated carbocycles. The van der Waals surface area contributed by atoms with E-state index in [2.05, 4.69) is 5.10 Å². The van der Waals surface area contributed by atoms with Gasteiger partial charge in [-0.1, -0.05) is 18.6 Å². The molecule has 0 saturated heterocycles. The van der Waals surface area contributed by atoms with Crippen molar-refractivity contribution in [2.24, 2.45) is 11.0 Å². The average molecular weight is 465 g/mol. The van der Waals surface area contributed by atoms with Crippen LogP contribution in [0.4, 0.5) is 11.4 Å². The van der Waals surface area contributed by atoms with E-state index in [1.165, 1.54) is 34.2 Å². The minimum absolute atomic E-state index is 0.0527. The lowest BCUT2D eigenvalue weighted by Gasteiger charge is -2.30. The molecule has 11 heteroatoms. The van der Waals surface area contributed by atoms with Crippen LogP contribution in [0.3, 0.4) is 0 Å². The SMILES string of the molecule is CN(CC(=O)N1N=C(c2ccc([N+](=O)[O-])cc2)C[C@@H]1c1cccc([N+](=O)[O-])c1)C(=O)C1CCC1. The Morgan fingerprint density at radius 2 is 1.74 bits per heavy atom. The van der Waals surface area contributed by atoms with E-state index < -0.39 is 21.8 Å². The van der Waals surface area contributed by atoms with E-state index in [1.807, 2.05) is 0 Å². The van der Waals surface area contributed by atoms with Gasteiger partial charge in [-0.15, -0.1) is 0 Å². The summed E-state index contributed by atoms with van der Waals surface area (Å²) in [4.78, 5) is 48.3. The molecule has 1 fully saturated rings. The number of rotatable bonds is 7. The summed E-state index contributed by atoms with van der Waals surface area (Å²) in [5, 5.41) is 28.0. The van der Waals surface area contributed by atoms with Crippen LogP contribution in [0, 0.1) is 26.1 Å². The summed E-state index contributed by atoms with van der Waals surface area (Å²) in [6, 6.07) is 11.2. The van der Waals surface area contributed by atoms with E-state index in [4.69, 9.17) is 0 Å². The number of hydrogen-bond acceptors (Lipinski definition) is 7. The normalized spacial score (nSPS) is 17.6. The van der Waals surface area contributed by atoms with Crippen molar-refractivity contribution in [1.29, 1.82) is 0 Å². The minimum atomic E-state index is -0.607. The maximum atomic E-state index is 13.2. The quantitative estimate of drug-likeness (QED) is 0.453. The van der Waals surface area contributed by atoms with Crippen LogP contribution in [0.1, 0.15) is 42.9 Å². The lowest BCUT2D eigenvalue weighted by atomic mass is 9.84. The number of nitro benzene ring substituents is 2. The molecule has 1 aliphatic carbocycles. The van der Waals surface area contributed by atoms with Gasteiger partial charge in [-0.05, 0) is 36.1 Å². The third-order valence-electron chi connectivity index (χ3n) is 6.25. The first-order valence-electron chi connectivity index (χ1n) is 10.9. The molecule has 0 spiro atoms. The van der Waals surface area contributed by atoms with Crippen molar-refractivity contribution >= 4 is 28.9 Å². The monoisotopic (exact) mass is 465 g/mol. The third kappa shape index (κ3) is 4.63.